The summed E-state index contributed by atoms with van der Waals surface area (Å²) in [7, 11) is -3.69. The van der Waals surface area contributed by atoms with Crippen LogP contribution in [0.1, 0.15) is 31.3 Å². The molecule has 2 rings (SSSR count). The van der Waals surface area contributed by atoms with Crippen LogP contribution in [-0.2, 0) is 16.6 Å². The first-order valence-electron chi connectivity index (χ1n) is 6.56. The molecule has 0 aliphatic rings. The lowest BCUT2D eigenvalue weighted by atomic mass is 10.3. The largest absolute Gasteiger partial charge is 0.313 e. The zero-order valence-corrected chi connectivity index (χ0v) is 12.7. The van der Waals surface area contributed by atoms with Gasteiger partial charge in [-0.05, 0) is 25.1 Å². The van der Waals surface area contributed by atoms with Crippen molar-refractivity contribution >= 4 is 10.0 Å². The van der Waals surface area contributed by atoms with E-state index in [9.17, 15) is 8.42 Å². The van der Waals surface area contributed by atoms with Crippen LogP contribution in [0.2, 0.25) is 0 Å². The summed E-state index contributed by atoms with van der Waals surface area (Å²) < 4.78 is 26.9. The van der Waals surface area contributed by atoms with Gasteiger partial charge in [0.25, 0.3) is 10.0 Å². The molecule has 0 aromatic carbocycles. The fourth-order valence-corrected chi connectivity index (χ4v) is 2.85. The van der Waals surface area contributed by atoms with Gasteiger partial charge in [0, 0.05) is 12.7 Å². The molecule has 0 saturated heterocycles. The Hall–Kier alpha value is -1.84. The molecule has 0 spiro atoms. The molecule has 2 aromatic heterocycles. The number of rotatable bonds is 7. The van der Waals surface area contributed by atoms with Gasteiger partial charge in [0.1, 0.15) is 12.2 Å². The standard InChI is InChI=1S/C12H18N6O2S/c1-3-13-6-10-4-5-11(14-7-10)21(19,20)18-9(2)12-15-8-16-17-12/h4-5,7-9,13,18H,3,6H2,1-2H3,(H,15,16,17). The van der Waals surface area contributed by atoms with E-state index in [-0.39, 0.29) is 5.03 Å². The SMILES string of the molecule is CCNCc1ccc(S(=O)(=O)NC(C)c2ncn[nH]2)nc1. The number of nitrogens with zero attached hydrogens (tertiary/aromatic N) is 3. The van der Waals surface area contributed by atoms with Crippen molar-refractivity contribution in [2.45, 2.75) is 31.5 Å². The number of nitrogens with one attached hydrogen (secondary N) is 3. The highest BCUT2D eigenvalue weighted by Crippen LogP contribution is 2.12. The summed E-state index contributed by atoms with van der Waals surface area (Å²) in [5, 5.41) is 9.45. The van der Waals surface area contributed by atoms with Gasteiger partial charge in [-0.15, -0.1) is 0 Å². The first kappa shape index (κ1) is 15.5. The summed E-state index contributed by atoms with van der Waals surface area (Å²) in [4.78, 5) is 7.92. The molecule has 21 heavy (non-hydrogen) atoms. The van der Waals surface area contributed by atoms with Crippen molar-refractivity contribution in [1.29, 1.82) is 0 Å². The molecule has 3 N–H and O–H groups in total. The van der Waals surface area contributed by atoms with E-state index in [1.807, 2.05) is 6.92 Å². The van der Waals surface area contributed by atoms with Crippen molar-refractivity contribution in [3.05, 3.63) is 36.0 Å². The van der Waals surface area contributed by atoms with E-state index in [0.717, 1.165) is 12.1 Å². The lowest BCUT2D eigenvalue weighted by Crippen LogP contribution is -2.28. The van der Waals surface area contributed by atoms with Crippen molar-refractivity contribution < 1.29 is 8.42 Å². The quantitative estimate of drug-likeness (QED) is 0.680. The van der Waals surface area contributed by atoms with Gasteiger partial charge < -0.3 is 5.32 Å². The molecule has 8 nitrogen and oxygen atoms in total. The van der Waals surface area contributed by atoms with Crippen LogP contribution in [0.5, 0.6) is 0 Å². The molecule has 2 aromatic rings. The fourth-order valence-electron chi connectivity index (χ4n) is 1.72. The molecular formula is C12H18N6O2S. The molecule has 1 unspecified atom stereocenters. The third-order valence-corrected chi connectivity index (χ3v) is 4.28. The number of sulfonamides is 1. The molecule has 0 fully saturated rings. The molecule has 0 radical (unpaired) electrons. The highest BCUT2D eigenvalue weighted by Gasteiger charge is 2.21. The Bertz CT molecular complexity index is 654. The van der Waals surface area contributed by atoms with Gasteiger partial charge >= 0.3 is 0 Å². The minimum atomic E-state index is -3.69. The molecule has 2 heterocycles. The highest BCUT2D eigenvalue weighted by molar-refractivity contribution is 7.89. The normalized spacial score (nSPS) is 13.2. The zero-order valence-electron chi connectivity index (χ0n) is 11.9. The van der Waals surface area contributed by atoms with Crippen molar-refractivity contribution in [1.82, 2.24) is 30.2 Å². The van der Waals surface area contributed by atoms with E-state index in [2.05, 4.69) is 30.2 Å². The number of aromatic nitrogens is 4. The van der Waals surface area contributed by atoms with Gasteiger partial charge in [-0.2, -0.15) is 9.82 Å². The molecule has 0 bridgehead atoms. The molecule has 114 valence electrons. The Labute approximate surface area is 123 Å². The summed E-state index contributed by atoms with van der Waals surface area (Å²) in [6.45, 7) is 5.18. The Balaban J connectivity index is 2.08. The summed E-state index contributed by atoms with van der Waals surface area (Å²) in [6, 6.07) is 2.71. The van der Waals surface area contributed by atoms with Gasteiger partial charge in [0.05, 0.1) is 6.04 Å². The monoisotopic (exact) mass is 310 g/mol. The molecule has 0 saturated carbocycles. The topological polar surface area (TPSA) is 113 Å². The Kier molecular flexibility index (Phi) is 4.99. The summed E-state index contributed by atoms with van der Waals surface area (Å²) in [5.41, 5.74) is 0.930. The minimum Gasteiger partial charge on any atom is -0.313 e. The molecule has 1 atom stereocenters. The lowest BCUT2D eigenvalue weighted by molar-refractivity contribution is 0.556. The highest BCUT2D eigenvalue weighted by atomic mass is 32.2. The van der Waals surface area contributed by atoms with E-state index >= 15 is 0 Å². The van der Waals surface area contributed by atoms with E-state index < -0.39 is 16.1 Å². The van der Waals surface area contributed by atoms with Crippen molar-refractivity contribution in [3.63, 3.8) is 0 Å². The van der Waals surface area contributed by atoms with Crippen molar-refractivity contribution in [2.24, 2.45) is 0 Å². The predicted molar refractivity (Wildman–Crippen MR) is 76.7 cm³/mol. The van der Waals surface area contributed by atoms with Crippen LogP contribution in [0.4, 0.5) is 0 Å². The number of H-pyrrole nitrogens is 1. The van der Waals surface area contributed by atoms with Gasteiger partial charge in [0.15, 0.2) is 5.03 Å². The van der Waals surface area contributed by atoms with Crippen molar-refractivity contribution in [3.8, 4) is 0 Å². The van der Waals surface area contributed by atoms with Crippen LogP contribution in [0.15, 0.2) is 29.7 Å². The maximum Gasteiger partial charge on any atom is 0.258 e. The smallest absolute Gasteiger partial charge is 0.258 e. The second-order valence-corrected chi connectivity index (χ2v) is 6.16. The maximum atomic E-state index is 12.2. The second kappa shape index (κ2) is 6.74. The van der Waals surface area contributed by atoms with E-state index in [4.69, 9.17) is 0 Å². The number of hydrogen-bond donors (Lipinski definition) is 3. The van der Waals surface area contributed by atoms with Gasteiger partial charge in [-0.3, -0.25) is 5.10 Å². The van der Waals surface area contributed by atoms with Gasteiger partial charge in [-0.25, -0.2) is 18.4 Å². The second-order valence-electron chi connectivity index (χ2n) is 4.50. The van der Waals surface area contributed by atoms with Crippen LogP contribution in [0.25, 0.3) is 0 Å². The number of hydrogen-bond acceptors (Lipinski definition) is 6. The third kappa shape index (κ3) is 4.06. The Morgan fingerprint density at radius 2 is 2.14 bits per heavy atom. The Morgan fingerprint density at radius 1 is 1.33 bits per heavy atom. The van der Waals surface area contributed by atoms with Crippen LogP contribution >= 0.6 is 0 Å². The molecule has 0 amide bonds. The van der Waals surface area contributed by atoms with E-state index in [1.54, 1.807) is 19.2 Å². The predicted octanol–water partition coefficient (Wildman–Crippen LogP) is 0.349. The zero-order chi connectivity index (χ0) is 15.3. The lowest BCUT2D eigenvalue weighted by Gasteiger charge is -2.11. The van der Waals surface area contributed by atoms with Crippen LogP contribution in [-0.4, -0.2) is 35.1 Å². The Morgan fingerprint density at radius 3 is 2.71 bits per heavy atom. The van der Waals surface area contributed by atoms with Crippen LogP contribution < -0.4 is 10.0 Å². The van der Waals surface area contributed by atoms with Gasteiger partial charge in [0.2, 0.25) is 0 Å². The van der Waals surface area contributed by atoms with Gasteiger partial charge in [-0.1, -0.05) is 13.0 Å². The number of pyridine rings is 1. The molecule has 0 aliphatic carbocycles. The maximum absolute atomic E-state index is 12.2. The van der Waals surface area contributed by atoms with E-state index in [0.29, 0.717) is 12.4 Å². The average Bonchev–Trinajstić information content (AvgIpc) is 2.99. The minimum absolute atomic E-state index is 0.0193. The van der Waals surface area contributed by atoms with E-state index in [1.165, 1.54) is 12.4 Å². The number of aromatic amines is 1. The molecular weight excluding hydrogens is 292 g/mol. The van der Waals surface area contributed by atoms with Crippen LogP contribution in [0.3, 0.4) is 0 Å². The van der Waals surface area contributed by atoms with Crippen molar-refractivity contribution in [2.75, 3.05) is 6.54 Å². The fraction of sp³-hybridized carbons (Fsp3) is 0.417. The summed E-state index contributed by atoms with van der Waals surface area (Å²) >= 11 is 0. The summed E-state index contributed by atoms with van der Waals surface area (Å²) in [5.74, 6) is 0.447. The average molecular weight is 310 g/mol. The molecule has 0 aliphatic heterocycles. The first-order valence-corrected chi connectivity index (χ1v) is 8.04. The molecule has 9 heteroatoms. The van der Waals surface area contributed by atoms with Crippen LogP contribution in [0, 0.1) is 0 Å². The third-order valence-electron chi connectivity index (χ3n) is 2.83. The first-order chi connectivity index (χ1) is 10.0. The summed E-state index contributed by atoms with van der Waals surface area (Å²) in [6.07, 6.45) is 2.88.